The maximum absolute atomic E-state index is 11.2. The third-order valence-corrected chi connectivity index (χ3v) is 4.07. The molecule has 4 heteroatoms. The monoisotopic (exact) mass is 305 g/mol. The number of hydrogen-bond acceptors (Lipinski definition) is 3. The first-order valence-corrected chi connectivity index (χ1v) is 7.76. The number of carbonyl (C=O) groups is 1. The molecule has 0 atom stereocenters. The molecule has 23 heavy (non-hydrogen) atoms. The van der Waals surface area contributed by atoms with Gasteiger partial charge in [-0.05, 0) is 41.3 Å². The van der Waals surface area contributed by atoms with Crippen LogP contribution in [0, 0.1) is 11.3 Å². The summed E-state index contributed by atoms with van der Waals surface area (Å²) in [6.45, 7) is 3.37. The number of nitrogens with zero attached hydrogens (tertiary/aromatic N) is 2. The topological polar surface area (TPSA) is 56.1 Å². The predicted molar refractivity (Wildman–Crippen MR) is 91.3 cm³/mol. The van der Waals surface area contributed by atoms with E-state index in [1.54, 1.807) is 0 Å². The minimum atomic E-state index is -0.0442. The second kappa shape index (κ2) is 6.53. The van der Waals surface area contributed by atoms with E-state index in [4.69, 9.17) is 5.26 Å². The number of hydrogen-bond donors (Lipinski definition) is 1. The Hall–Kier alpha value is -2.80. The Balaban J connectivity index is 1.72. The predicted octanol–water partition coefficient (Wildman–Crippen LogP) is 3.27. The Morgan fingerprint density at radius 1 is 1.22 bits per heavy atom. The zero-order valence-corrected chi connectivity index (χ0v) is 13.2. The molecule has 0 saturated heterocycles. The summed E-state index contributed by atoms with van der Waals surface area (Å²) in [5.41, 5.74) is 5.67. The summed E-state index contributed by atoms with van der Waals surface area (Å²) >= 11 is 0. The van der Waals surface area contributed by atoms with Crippen LogP contribution in [-0.2, 0) is 24.2 Å². The number of nitriles is 1. The molecule has 1 N–H and O–H groups in total. The van der Waals surface area contributed by atoms with Crippen molar-refractivity contribution < 1.29 is 4.79 Å². The van der Waals surface area contributed by atoms with Crippen LogP contribution in [0.5, 0.6) is 0 Å². The number of anilines is 2. The highest BCUT2D eigenvalue weighted by atomic mass is 16.1. The molecule has 116 valence electrons. The molecule has 1 aliphatic heterocycles. The average Bonchev–Trinajstić information content (AvgIpc) is 2.91. The first-order valence-electron chi connectivity index (χ1n) is 7.76. The van der Waals surface area contributed by atoms with E-state index in [2.05, 4.69) is 40.6 Å². The lowest BCUT2D eigenvalue weighted by Crippen LogP contribution is -2.19. The summed E-state index contributed by atoms with van der Waals surface area (Å²) in [6, 6.07) is 16.5. The van der Waals surface area contributed by atoms with Crippen molar-refractivity contribution in [3.05, 3.63) is 59.2 Å². The van der Waals surface area contributed by atoms with Gasteiger partial charge in [0.05, 0.1) is 12.5 Å². The molecule has 1 amide bonds. The first kappa shape index (κ1) is 15.1. The molecule has 2 aromatic carbocycles. The van der Waals surface area contributed by atoms with Crippen LogP contribution in [0.15, 0.2) is 42.5 Å². The van der Waals surface area contributed by atoms with E-state index in [9.17, 15) is 4.79 Å². The molecule has 4 nitrogen and oxygen atoms in total. The lowest BCUT2D eigenvalue weighted by atomic mass is 10.1. The van der Waals surface area contributed by atoms with Crippen LogP contribution >= 0.6 is 0 Å². The van der Waals surface area contributed by atoms with Gasteiger partial charge in [0, 0.05) is 31.4 Å². The van der Waals surface area contributed by atoms with E-state index < -0.39 is 0 Å². The van der Waals surface area contributed by atoms with E-state index in [0.717, 1.165) is 30.8 Å². The van der Waals surface area contributed by atoms with Crippen molar-refractivity contribution in [3.8, 4) is 6.07 Å². The van der Waals surface area contributed by atoms with Crippen molar-refractivity contribution in [1.82, 2.24) is 0 Å². The minimum absolute atomic E-state index is 0.0442. The molecule has 0 aromatic heterocycles. The molecule has 0 aliphatic carbocycles. The molecule has 1 heterocycles. The number of carbonyl (C=O) groups excluding carboxylic acids is 1. The number of rotatable bonds is 4. The third-order valence-electron chi connectivity index (χ3n) is 4.07. The quantitative estimate of drug-likeness (QED) is 0.943. The summed E-state index contributed by atoms with van der Waals surface area (Å²) in [6.07, 6.45) is 1.45. The summed E-state index contributed by atoms with van der Waals surface area (Å²) < 4.78 is 0. The largest absolute Gasteiger partial charge is 0.367 e. The van der Waals surface area contributed by atoms with Crippen LogP contribution in [0.25, 0.3) is 0 Å². The molecule has 0 fully saturated rings. The maximum atomic E-state index is 11.2. The molecular formula is C19H19N3O. The average molecular weight is 305 g/mol. The molecular weight excluding hydrogens is 286 g/mol. The van der Waals surface area contributed by atoms with Gasteiger partial charge in [-0.2, -0.15) is 5.26 Å². The van der Waals surface area contributed by atoms with Crippen molar-refractivity contribution in [1.29, 1.82) is 5.26 Å². The van der Waals surface area contributed by atoms with Gasteiger partial charge in [0.2, 0.25) is 5.91 Å². The minimum Gasteiger partial charge on any atom is -0.367 e. The first-order chi connectivity index (χ1) is 11.2. The standard InChI is InChI=1S/C19H19N3O/c1-14(23)21-18-6-7-19-17(12-18)9-11-22(19)13-16-4-2-15(3-5-16)8-10-20/h2-7,12H,8-9,11,13H2,1H3,(H,21,23). The van der Waals surface area contributed by atoms with Gasteiger partial charge in [0.25, 0.3) is 0 Å². The smallest absolute Gasteiger partial charge is 0.221 e. The van der Waals surface area contributed by atoms with Gasteiger partial charge < -0.3 is 10.2 Å². The van der Waals surface area contributed by atoms with Crippen molar-refractivity contribution in [2.75, 3.05) is 16.8 Å². The number of fused-ring (bicyclic) bond motifs is 1. The molecule has 0 unspecified atom stereocenters. The van der Waals surface area contributed by atoms with Gasteiger partial charge in [-0.1, -0.05) is 24.3 Å². The highest BCUT2D eigenvalue weighted by Crippen LogP contribution is 2.31. The lowest BCUT2D eigenvalue weighted by Gasteiger charge is -2.20. The van der Waals surface area contributed by atoms with Gasteiger partial charge >= 0.3 is 0 Å². The van der Waals surface area contributed by atoms with Crippen LogP contribution in [-0.4, -0.2) is 12.5 Å². The van der Waals surface area contributed by atoms with E-state index in [-0.39, 0.29) is 5.91 Å². The Kier molecular flexibility index (Phi) is 4.29. The molecule has 1 aliphatic rings. The second-order valence-corrected chi connectivity index (χ2v) is 5.85. The Morgan fingerprint density at radius 3 is 2.65 bits per heavy atom. The van der Waals surface area contributed by atoms with E-state index >= 15 is 0 Å². The van der Waals surface area contributed by atoms with E-state index in [1.165, 1.54) is 23.7 Å². The highest BCUT2D eigenvalue weighted by Gasteiger charge is 2.19. The zero-order valence-electron chi connectivity index (χ0n) is 13.2. The van der Waals surface area contributed by atoms with Crippen molar-refractivity contribution in [2.24, 2.45) is 0 Å². The SMILES string of the molecule is CC(=O)Nc1ccc2c(c1)CCN2Cc1ccc(CC#N)cc1. The normalized spacial score (nSPS) is 12.6. The molecule has 0 bridgehead atoms. The Morgan fingerprint density at radius 2 is 1.96 bits per heavy atom. The van der Waals surface area contributed by atoms with Crippen LogP contribution < -0.4 is 10.2 Å². The summed E-state index contributed by atoms with van der Waals surface area (Å²) in [5.74, 6) is -0.0442. The number of benzene rings is 2. The summed E-state index contributed by atoms with van der Waals surface area (Å²) in [4.78, 5) is 13.5. The second-order valence-electron chi connectivity index (χ2n) is 5.85. The Labute approximate surface area is 136 Å². The molecule has 0 spiro atoms. The van der Waals surface area contributed by atoms with Crippen LogP contribution in [0.2, 0.25) is 0 Å². The van der Waals surface area contributed by atoms with Gasteiger partial charge in [0.15, 0.2) is 0 Å². The fourth-order valence-electron chi connectivity index (χ4n) is 2.99. The highest BCUT2D eigenvalue weighted by molar-refractivity contribution is 5.89. The fourth-order valence-corrected chi connectivity index (χ4v) is 2.99. The number of nitrogens with one attached hydrogen (secondary N) is 1. The van der Waals surface area contributed by atoms with Crippen LogP contribution in [0.3, 0.4) is 0 Å². The third kappa shape index (κ3) is 3.51. The van der Waals surface area contributed by atoms with Gasteiger partial charge in [-0.15, -0.1) is 0 Å². The molecule has 0 saturated carbocycles. The van der Waals surface area contributed by atoms with Gasteiger partial charge in [0.1, 0.15) is 0 Å². The molecule has 3 rings (SSSR count). The summed E-state index contributed by atoms with van der Waals surface area (Å²) in [7, 11) is 0. The van der Waals surface area contributed by atoms with Gasteiger partial charge in [-0.25, -0.2) is 0 Å². The number of amides is 1. The van der Waals surface area contributed by atoms with Crippen LogP contribution in [0.4, 0.5) is 11.4 Å². The molecule has 0 radical (unpaired) electrons. The van der Waals surface area contributed by atoms with E-state index in [1.807, 2.05) is 18.2 Å². The van der Waals surface area contributed by atoms with Crippen molar-refractivity contribution in [3.63, 3.8) is 0 Å². The molecule has 2 aromatic rings. The maximum Gasteiger partial charge on any atom is 0.221 e. The van der Waals surface area contributed by atoms with Crippen molar-refractivity contribution >= 4 is 17.3 Å². The van der Waals surface area contributed by atoms with Crippen LogP contribution in [0.1, 0.15) is 23.6 Å². The zero-order chi connectivity index (χ0) is 16.2. The van der Waals surface area contributed by atoms with Crippen molar-refractivity contribution in [2.45, 2.75) is 26.3 Å². The van der Waals surface area contributed by atoms with Gasteiger partial charge in [-0.3, -0.25) is 4.79 Å². The lowest BCUT2D eigenvalue weighted by molar-refractivity contribution is -0.114. The van der Waals surface area contributed by atoms with E-state index in [0.29, 0.717) is 6.42 Å². The summed E-state index contributed by atoms with van der Waals surface area (Å²) in [5, 5.41) is 11.6. The fraction of sp³-hybridized carbons (Fsp3) is 0.263. The Bertz CT molecular complexity index is 759.